The average molecular weight is 549 g/mol. The van der Waals surface area contributed by atoms with Gasteiger partial charge in [-0.05, 0) is 41.8 Å². The highest BCUT2D eigenvalue weighted by Gasteiger charge is 2.31. The summed E-state index contributed by atoms with van der Waals surface area (Å²) in [6.07, 6.45) is 12.6. The minimum atomic E-state index is -2.35. The maximum Gasteiger partial charge on any atom is 0.349 e. The van der Waals surface area contributed by atoms with E-state index in [2.05, 4.69) is 6.92 Å². The largest absolute Gasteiger partial charge is 0.494 e. The van der Waals surface area contributed by atoms with Crippen LogP contribution in [0.25, 0.3) is 11.1 Å². The first-order valence-corrected chi connectivity index (χ1v) is 13.4. The number of hydrogen-bond acceptors (Lipinski definition) is 3. The van der Waals surface area contributed by atoms with E-state index in [4.69, 9.17) is 9.47 Å². The number of benzene rings is 3. The van der Waals surface area contributed by atoms with Gasteiger partial charge in [-0.1, -0.05) is 89.0 Å². The molecule has 0 aliphatic heterocycles. The molecule has 3 rings (SSSR count). The molecule has 3 aromatic rings. The van der Waals surface area contributed by atoms with Crippen molar-refractivity contribution >= 4 is 5.97 Å². The van der Waals surface area contributed by atoms with Gasteiger partial charge in [-0.2, -0.15) is 0 Å². The Morgan fingerprint density at radius 3 is 1.46 bits per heavy atom. The Kier molecular flexibility index (Phi) is 11.8. The molecule has 3 nitrogen and oxygen atoms in total. The minimum Gasteiger partial charge on any atom is -0.494 e. The van der Waals surface area contributed by atoms with E-state index < -0.39 is 40.6 Å². The maximum atomic E-state index is 13.8. The summed E-state index contributed by atoms with van der Waals surface area (Å²) in [5.41, 5.74) is -0.0462. The second-order valence-electron chi connectivity index (χ2n) is 9.41. The number of carbonyl (C=O) groups excluding carboxylic acids is 1. The Morgan fingerprint density at radius 1 is 0.564 bits per heavy atom. The molecule has 0 fully saturated rings. The quantitative estimate of drug-likeness (QED) is 0.0474. The molecule has 0 heterocycles. The first-order valence-electron chi connectivity index (χ1n) is 13.4. The van der Waals surface area contributed by atoms with Crippen LogP contribution in [0.2, 0.25) is 0 Å². The van der Waals surface area contributed by atoms with Crippen LogP contribution >= 0.6 is 0 Å². The molecule has 0 bridgehead atoms. The van der Waals surface area contributed by atoms with E-state index in [1.165, 1.54) is 63.5 Å². The van der Waals surface area contributed by atoms with Gasteiger partial charge in [0.2, 0.25) is 5.82 Å². The van der Waals surface area contributed by atoms with Crippen LogP contribution in [0.15, 0.2) is 48.5 Å². The third-order valence-corrected chi connectivity index (χ3v) is 6.43. The summed E-state index contributed by atoms with van der Waals surface area (Å²) < 4.78 is 78.3. The first-order chi connectivity index (χ1) is 18.8. The van der Waals surface area contributed by atoms with Gasteiger partial charge in [0, 0.05) is 0 Å². The fourth-order valence-corrected chi connectivity index (χ4v) is 4.18. The topological polar surface area (TPSA) is 35.5 Å². The van der Waals surface area contributed by atoms with Crippen LogP contribution < -0.4 is 9.47 Å². The number of hydrogen-bond donors (Lipinski definition) is 0. The third-order valence-electron chi connectivity index (χ3n) is 6.43. The zero-order chi connectivity index (χ0) is 28.2. The van der Waals surface area contributed by atoms with E-state index in [0.717, 1.165) is 29.7 Å². The molecule has 39 heavy (non-hydrogen) atoms. The number of carbonyl (C=O) groups is 1. The predicted molar refractivity (Wildman–Crippen MR) is 140 cm³/mol. The lowest BCUT2D eigenvalue weighted by molar-refractivity contribution is 0.0721. The van der Waals surface area contributed by atoms with E-state index >= 15 is 0 Å². The Morgan fingerprint density at radius 2 is 0.974 bits per heavy atom. The van der Waals surface area contributed by atoms with Crippen LogP contribution in [0.4, 0.5) is 22.0 Å². The number of rotatable bonds is 15. The molecule has 0 aliphatic rings. The summed E-state index contributed by atoms with van der Waals surface area (Å²) in [5, 5.41) is 0. The van der Waals surface area contributed by atoms with Crippen LogP contribution in [0.1, 0.15) is 81.5 Å². The van der Waals surface area contributed by atoms with Gasteiger partial charge < -0.3 is 9.47 Å². The van der Waals surface area contributed by atoms with Crippen molar-refractivity contribution in [2.45, 2.75) is 71.1 Å². The SMILES string of the molecule is CCCCCCCCCCCCOc1ccc(-c2ccc(OC(=O)c3c(F)c(F)c(F)c(F)c3F)cc2)cc1. The lowest BCUT2D eigenvalue weighted by Gasteiger charge is -2.10. The van der Waals surface area contributed by atoms with Gasteiger partial charge in [0.05, 0.1) is 6.61 Å². The van der Waals surface area contributed by atoms with Crippen molar-refractivity contribution in [3.63, 3.8) is 0 Å². The van der Waals surface area contributed by atoms with E-state index in [1.807, 2.05) is 24.3 Å². The number of unbranched alkanes of at least 4 members (excludes halogenated alkanes) is 9. The molecule has 0 atom stereocenters. The molecular formula is C31H33F5O3. The molecule has 0 amide bonds. The molecule has 0 saturated heterocycles. The van der Waals surface area contributed by atoms with Gasteiger partial charge >= 0.3 is 5.97 Å². The number of ether oxygens (including phenoxy) is 2. The Labute approximate surface area is 226 Å². The Hall–Kier alpha value is -3.42. The van der Waals surface area contributed by atoms with Crippen LogP contribution in [0.5, 0.6) is 11.5 Å². The number of halogens is 5. The van der Waals surface area contributed by atoms with Crippen LogP contribution in [-0.4, -0.2) is 12.6 Å². The summed E-state index contributed by atoms with van der Waals surface area (Å²) in [7, 11) is 0. The van der Waals surface area contributed by atoms with Gasteiger partial charge in [0.15, 0.2) is 23.3 Å². The van der Waals surface area contributed by atoms with E-state index in [9.17, 15) is 26.7 Å². The molecule has 0 saturated carbocycles. The zero-order valence-corrected chi connectivity index (χ0v) is 22.0. The monoisotopic (exact) mass is 548 g/mol. The van der Waals surface area contributed by atoms with Crippen molar-refractivity contribution in [2.24, 2.45) is 0 Å². The summed E-state index contributed by atoms with van der Waals surface area (Å²) in [6.45, 7) is 2.88. The van der Waals surface area contributed by atoms with Crippen LogP contribution in [0, 0.1) is 29.1 Å². The molecule has 0 unspecified atom stereocenters. The summed E-state index contributed by atoms with van der Waals surface area (Å²) in [5.74, 6) is -12.3. The molecule has 210 valence electrons. The lowest BCUT2D eigenvalue weighted by Crippen LogP contribution is -2.17. The molecule has 0 spiro atoms. The van der Waals surface area contributed by atoms with Crippen molar-refractivity contribution in [3.8, 4) is 22.6 Å². The molecule has 0 aromatic heterocycles. The Balaban J connectivity index is 1.44. The average Bonchev–Trinajstić information content (AvgIpc) is 2.94. The van der Waals surface area contributed by atoms with E-state index in [-0.39, 0.29) is 5.75 Å². The van der Waals surface area contributed by atoms with Gasteiger partial charge in [-0.3, -0.25) is 0 Å². The van der Waals surface area contributed by atoms with Crippen LogP contribution in [-0.2, 0) is 0 Å². The fraction of sp³-hybridized carbons (Fsp3) is 0.387. The van der Waals surface area contributed by atoms with Crippen LogP contribution in [0.3, 0.4) is 0 Å². The Bertz CT molecular complexity index is 1180. The third kappa shape index (κ3) is 8.53. The molecule has 8 heteroatoms. The second-order valence-corrected chi connectivity index (χ2v) is 9.41. The molecule has 0 radical (unpaired) electrons. The lowest BCUT2D eigenvalue weighted by atomic mass is 10.1. The van der Waals surface area contributed by atoms with Crippen molar-refractivity contribution in [2.75, 3.05) is 6.61 Å². The van der Waals surface area contributed by atoms with Gasteiger partial charge in [-0.15, -0.1) is 0 Å². The highest BCUT2D eigenvalue weighted by Crippen LogP contribution is 2.27. The fourth-order valence-electron chi connectivity index (χ4n) is 4.18. The molecule has 0 aliphatic carbocycles. The summed E-state index contributed by atoms with van der Waals surface area (Å²) in [4.78, 5) is 12.1. The van der Waals surface area contributed by atoms with Gasteiger partial charge in [0.1, 0.15) is 17.1 Å². The minimum absolute atomic E-state index is 0.121. The highest BCUT2D eigenvalue weighted by atomic mass is 19.2. The highest BCUT2D eigenvalue weighted by molar-refractivity contribution is 5.91. The second kappa shape index (κ2) is 15.2. The van der Waals surface area contributed by atoms with Gasteiger partial charge in [0.25, 0.3) is 0 Å². The normalized spacial score (nSPS) is 11.0. The van der Waals surface area contributed by atoms with E-state index in [1.54, 1.807) is 12.1 Å². The zero-order valence-electron chi connectivity index (χ0n) is 22.0. The van der Waals surface area contributed by atoms with Crippen molar-refractivity contribution in [1.29, 1.82) is 0 Å². The standard InChI is InChI=1S/C31H33F5O3/c1-2-3-4-5-6-7-8-9-10-11-20-38-23-16-12-21(13-17-23)22-14-18-24(19-15-22)39-31(37)25-26(32)28(34)30(36)29(35)27(25)33/h12-19H,2-11,20H2,1H3. The van der Waals surface area contributed by atoms with E-state index in [0.29, 0.717) is 6.61 Å². The summed E-state index contributed by atoms with van der Waals surface area (Å²) >= 11 is 0. The molecule has 0 N–H and O–H groups in total. The molecular weight excluding hydrogens is 515 g/mol. The number of esters is 1. The van der Waals surface area contributed by atoms with Crippen molar-refractivity contribution in [1.82, 2.24) is 0 Å². The predicted octanol–water partition coefficient (Wildman–Crippen LogP) is 9.57. The van der Waals surface area contributed by atoms with Gasteiger partial charge in [-0.25, -0.2) is 26.7 Å². The smallest absolute Gasteiger partial charge is 0.349 e. The van der Waals surface area contributed by atoms with Crippen molar-refractivity contribution in [3.05, 3.63) is 83.2 Å². The maximum absolute atomic E-state index is 13.8. The first kappa shape index (κ1) is 30.1. The van der Waals surface area contributed by atoms with Crippen molar-refractivity contribution < 1.29 is 36.2 Å². The summed E-state index contributed by atoms with van der Waals surface area (Å²) in [6, 6.07) is 13.3. The molecule has 3 aromatic carbocycles.